The molecular weight excluding hydrogens is 218 g/mol. The number of pyridine rings is 1. The van der Waals surface area contributed by atoms with Crippen molar-refractivity contribution in [3.8, 4) is 0 Å². The lowest BCUT2D eigenvalue weighted by atomic mass is 10.2. The first-order valence-electron chi connectivity index (χ1n) is 5.76. The zero-order chi connectivity index (χ0) is 11.4. The largest absolute Gasteiger partial charge is 0.325 e. The summed E-state index contributed by atoms with van der Waals surface area (Å²) in [5.74, 6) is 1.25. The lowest BCUT2D eigenvalue weighted by molar-refractivity contribution is 0.278. The second kappa shape index (κ2) is 5.66. The molecular formula is C12H19N3S. The molecule has 0 saturated carbocycles. The van der Waals surface area contributed by atoms with Gasteiger partial charge in [-0.05, 0) is 17.7 Å². The number of nitrogens with zero attached hydrogens (tertiary/aromatic N) is 2. The van der Waals surface area contributed by atoms with Crippen molar-refractivity contribution in [2.45, 2.75) is 25.3 Å². The van der Waals surface area contributed by atoms with Gasteiger partial charge >= 0.3 is 0 Å². The van der Waals surface area contributed by atoms with Crippen molar-refractivity contribution in [2.24, 2.45) is 5.73 Å². The molecule has 1 aromatic heterocycles. The van der Waals surface area contributed by atoms with E-state index in [0.717, 1.165) is 17.5 Å². The first-order valence-corrected chi connectivity index (χ1v) is 6.80. The quantitative estimate of drug-likeness (QED) is 0.864. The van der Waals surface area contributed by atoms with Gasteiger partial charge in [-0.2, -0.15) is 11.8 Å². The van der Waals surface area contributed by atoms with Crippen molar-refractivity contribution in [3.05, 3.63) is 29.6 Å². The van der Waals surface area contributed by atoms with Gasteiger partial charge in [0.25, 0.3) is 0 Å². The van der Waals surface area contributed by atoms with Gasteiger partial charge in [-0.3, -0.25) is 9.88 Å². The molecule has 0 bridgehead atoms. The lowest BCUT2D eigenvalue weighted by Crippen LogP contribution is -2.36. The Morgan fingerprint density at radius 3 is 3.25 bits per heavy atom. The van der Waals surface area contributed by atoms with E-state index in [1.807, 2.05) is 6.20 Å². The highest BCUT2D eigenvalue weighted by atomic mass is 32.2. The fourth-order valence-corrected chi connectivity index (χ4v) is 3.11. The van der Waals surface area contributed by atoms with Crippen LogP contribution in [-0.4, -0.2) is 34.0 Å². The van der Waals surface area contributed by atoms with Crippen molar-refractivity contribution in [2.75, 3.05) is 18.8 Å². The van der Waals surface area contributed by atoms with Crippen molar-refractivity contribution in [1.29, 1.82) is 0 Å². The molecule has 4 heteroatoms. The summed E-state index contributed by atoms with van der Waals surface area (Å²) in [5, 5.41) is 0.754. The standard InChI is InChI=1S/C12H19N3S/c1-10-8-15(4-5-16-10)9-11-2-3-14-12(6-11)7-13/h2-3,6,10H,4-5,7-9,13H2,1H3. The molecule has 2 rings (SSSR count). The minimum Gasteiger partial charge on any atom is -0.325 e. The van der Waals surface area contributed by atoms with E-state index >= 15 is 0 Å². The van der Waals surface area contributed by atoms with Gasteiger partial charge in [0.2, 0.25) is 0 Å². The molecule has 2 heterocycles. The SMILES string of the molecule is CC1CN(Cc2ccnc(CN)c2)CCS1. The molecule has 0 spiro atoms. The van der Waals surface area contributed by atoms with Crippen LogP contribution in [0, 0.1) is 0 Å². The average Bonchev–Trinajstić information content (AvgIpc) is 2.29. The number of thioether (sulfide) groups is 1. The average molecular weight is 237 g/mol. The second-order valence-electron chi connectivity index (χ2n) is 4.28. The molecule has 0 amide bonds. The highest BCUT2D eigenvalue weighted by Crippen LogP contribution is 2.19. The summed E-state index contributed by atoms with van der Waals surface area (Å²) in [5.41, 5.74) is 7.91. The molecule has 1 unspecified atom stereocenters. The summed E-state index contributed by atoms with van der Waals surface area (Å²) in [6, 6.07) is 4.21. The van der Waals surface area contributed by atoms with Crippen LogP contribution in [0.15, 0.2) is 18.3 Å². The Balaban J connectivity index is 1.97. The van der Waals surface area contributed by atoms with Crippen LogP contribution < -0.4 is 5.73 Å². The van der Waals surface area contributed by atoms with Gasteiger partial charge in [-0.25, -0.2) is 0 Å². The van der Waals surface area contributed by atoms with Crippen LogP contribution in [0.4, 0.5) is 0 Å². The van der Waals surface area contributed by atoms with Crippen LogP contribution in [0.2, 0.25) is 0 Å². The third kappa shape index (κ3) is 3.20. The first-order chi connectivity index (χ1) is 7.78. The van der Waals surface area contributed by atoms with Gasteiger partial charge in [-0.15, -0.1) is 0 Å². The van der Waals surface area contributed by atoms with Crippen molar-refractivity contribution in [1.82, 2.24) is 9.88 Å². The van der Waals surface area contributed by atoms with E-state index in [-0.39, 0.29) is 0 Å². The summed E-state index contributed by atoms with van der Waals surface area (Å²) >= 11 is 2.07. The number of hydrogen-bond acceptors (Lipinski definition) is 4. The minimum atomic E-state index is 0.528. The fraction of sp³-hybridized carbons (Fsp3) is 0.583. The zero-order valence-electron chi connectivity index (χ0n) is 9.72. The van der Waals surface area contributed by atoms with Crippen LogP contribution in [0.5, 0.6) is 0 Å². The Bertz CT molecular complexity index is 343. The van der Waals surface area contributed by atoms with E-state index in [9.17, 15) is 0 Å². The maximum absolute atomic E-state index is 5.59. The van der Waals surface area contributed by atoms with Gasteiger partial charge in [0.1, 0.15) is 0 Å². The number of rotatable bonds is 3. The molecule has 2 N–H and O–H groups in total. The molecule has 0 radical (unpaired) electrons. The van der Waals surface area contributed by atoms with E-state index in [4.69, 9.17) is 5.73 Å². The highest BCUT2D eigenvalue weighted by Gasteiger charge is 2.16. The molecule has 16 heavy (non-hydrogen) atoms. The van der Waals surface area contributed by atoms with E-state index in [1.54, 1.807) is 0 Å². The Morgan fingerprint density at radius 2 is 2.50 bits per heavy atom. The third-order valence-corrected chi connectivity index (χ3v) is 3.96. The molecule has 3 nitrogen and oxygen atoms in total. The molecule has 1 aliphatic rings. The van der Waals surface area contributed by atoms with Gasteiger partial charge < -0.3 is 5.73 Å². The zero-order valence-corrected chi connectivity index (χ0v) is 10.5. The summed E-state index contributed by atoms with van der Waals surface area (Å²) < 4.78 is 0. The van der Waals surface area contributed by atoms with Gasteiger partial charge in [0, 0.05) is 43.4 Å². The number of hydrogen-bond donors (Lipinski definition) is 1. The third-order valence-electron chi connectivity index (χ3n) is 2.82. The van der Waals surface area contributed by atoms with Crippen LogP contribution in [0.3, 0.4) is 0 Å². The van der Waals surface area contributed by atoms with E-state index in [2.05, 4.69) is 40.7 Å². The monoisotopic (exact) mass is 237 g/mol. The number of aromatic nitrogens is 1. The summed E-state index contributed by atoms with van der Waals surface area (Å²) in [4.78, 5) is 6.73. The maximum Gasteiger partial charge on any atom is 0.0542 e. The van der Waals surface area contributed by atoms with Crippen LogP contribution in [-0.2, 0) is 13.1 Å². The van der Waals surface area contributed by atoms with Gasteiger partial charge in [-0.1, -0.05) is 6.92 Å². The van der Waals surface area contributed by atoms with E-state index < -0.39 is 0 Å². The maximum atomic E-state index is 5.59. The minimum absolute atomic E-state index is 0.528. The topological polar surface area (TPSA) is 42.2 Å². The Hall–Kier alpha value is -0.580. The van der Waals surface area contributed by atoms with Crippen LogP contribution >= 0.6 is 11.8 Å². The summed E-state index contributed by atoms with van der Waals surface area (Å²) in [6.45, 7) is 6.23. The van der Waals surface area contributed by atoms with Crippen molar-refractivity contribution >= 4 is 11.8 Å². The van der Waals surface area contributed by atoms with Gasteiger partial charge in [0.15, 0.2) is 0 Å². The number of nitrogens with two attached hydrogens (primary N) is 1. The molecule has 88 valence electrons. The molecule has 1 saturated heterocycles. The van der Waals surface area contributed by atoms with E-state index in [0.29, 0.717) is 6.54 Å². The Morgan fingerprint density at radius 1 is 1.62 bits per heavy atom. The van der Waals surface area contributed by atoms with Crippen molar-refractivity contribution < 1.29 is 0 Å². The van der Waals surface area contributed by atoms with Crippen LogP contribution in [0.25, 0.3) is 0 Å². The Kier molecular flexibility index (Phi) is 4.21. The smallest absolute Gasteiger partial charge is 0.0542 e. The predicted molar refractivity (Wildman–Crippen MR) is 69.3 cm³/mol. The highest BCUT2D eigenvalue weighted by molar-refractivity contribution is 7.99. The summed E-state index contributed by atoms with van der Waals surface area (Å²) in [7, 11) is 0. The molecule has 1 atom stereocenters. The normalized spacial score (nSPS) is 22.2. The second-order valence-corrected chi connectivity index (χ2v) is 5.82. The molecule has 0 aromatic carbocycles. The molecule has 1 fully saturated rings. The van der Waals surface area contributed by atoms with E-state index in [1.165, 1.54) is 24.4 Å². The first kappa shape index (κ1) is 11.9. The molecule has 0 aliphatic carbocycles. The fourth-order valence-electron chi connectivity index (χ4n) is 2.03. The Labute approximate surface area is 101 Å². The van der Waals surface area contributed by atoms with Crippen LogP contribution in [0.1, 0.15) is 18.2 Å². The lowest BCUT2D eigenvalue weighted by Gasteiger charge is -2.30. The molecule has 1 aromatic rings. The van der Waals surface area contributed by atoms with Crippen molar-refractivity contribution in [3.63, 3.8) is 0 Å². The van der Waals surface area contributed by atoms with Gasteiger partial charge in [0.05, 0.1) is 5.69 Å². The molecule has 1 aliphatic heterocycles. The predicted octanol–water partition coefficient (Wildman–Crippen LogP) is 1.48. The summed E-state index contributed by atoms with van der Waals surface area (Å²) in [6.07, 6.45) is 1.86.